The number of carbonyl (C=O) groups is 1. The van der Waals surface area contributed by atoms with Gasteiger partial charge in [0.1, 0.15) is 5.78 Å². The Labute approximate surface area is 121 Å². The summed E-state index contributed by atoms with van der Waals surface area (Å²) >= 11 is 0. The van der Waals surface area contributed by atoms with Crippen LogP contribution in [-0.2, 0) is 18.4 Å². The molecule has 0 heterocycles. The quantitative estimate of drug-likeness (QED) is 0.523. The number of carbonyl (C=O) groups excluding carboxylic acids is 1. The lowest BCUT2D eigenvalue weighted by molar-refractivity contribution is -0.122. The third-order valence-corrected chi connectivity index (χ3v) is 4.90. The molecule has 0 aliphatic rings. The molecule has 0 unspecified atom stereocenters. The highest BCUT2D eigenvalue weighted by Crippen LogP contribution is 2.52. The Balaban J connectivity index is 5.23. The van der Waals surface area contributed by atoms with Gasteiger partial charge in [-0.2, -0.15) is 0 Å². The summed E-state index contributed by atoms with van der Waals surface area (Å²) in [5, 5.41) is 10.0. The molecule has 0 aliphatic heterocycles. The molecule has 0 aromatic heterocycles. The number of hydrogen-bond acceptors (Lipinski definition) is 5. The number of hydrogen-bond donors (Lipinski definition) is 1. The average molecular weight is 306 g/mol. The predicted octanol–water partition coefficient (Wildman–Crippen LogP) is 3.17. The highest BCUT2D eigenvalue weighted by Gasteiger charge is 2.37. The summed E-state index contributed by atoms with van der Waals surface area (Å²) in [6.45, 7) is 13.6. The number of rotatable bonds is 9. The van der Waals surface area contributed by atoms with Crippen LogP contribution in [0.4, 0.5) is 0 Å². The molecule has 0 aromatic carbocycles. The highest BCUT2D eigenvalue weighted by atomic mass is 31.2. The zero-order chi connectivity index (χ0) is 16.1. The van der Waals surface area contributed by atoms with Crippen LogP contribution in [0.1, 0.15) is 41.5 Å². The first-order valence-corrected chi connectivity index (χ1v) is 8.51. The maximum absolute atomic E-state index is 12.7. The summed E-state index contributed by atoms with van der Waals surface area (Å²) in [6, 6.07) is 0. The summed E-state index contributed by atoms with van der Waals surface area (Å²) in [5.74, 6) is -1.10. The van der Waals surface area contributed by atoms with Gasteiger partial charge in [-0.1, -0.05) is 12.2 Å². The molecule has 0 aromatic rings. The minimum atomic E-state index is -3.46. The largest absolute Gasteiger partial charge is 0.388 e. The Morgan fingerprint density at radius 3 is 1.80 bits per heavy atom. The van der Waals surface area contributed by atoms with E-state index in [9.17, 15) is 14.5 Å². The summed E-state index contributed by atoms with van der Waals surface area (Å²) in [5.41, 5.74) is 0.450. The van der Waals surface area contributed by atoms with Crippen molar-refractivity contribution in [3.8, 4) is 0 Å². The fourth-order valence-electron chi connectivity index (χ4n) is 1.79. The summed E-state index contributed by atoms with van der Waals surface area (Å²) in [6.07, 6.45) is -1.79. The van der Waals surface area contributed by atoms with E-state index in [-0.39, 0.29) is 24.2 Å². The Hall–Kier alpha value is -0.480. The second kappa shape index (κ2) is 8.08. The molecule has 118 valence electrons. The minimum absolute atomic E-state index is 0.146. The SMILES string of the molecule is C=C(C)[C@@H](O)[C@H](CP(=O)(OC(C)C)OC(C)C)C(C)=O. The highest BCUT2D eigenvalue weighted by molar-refractivity contribution is 7.53. The van der Waals surface area contributed by atoms with Crippen LogP contribution < -0.4 is 0 Å². The zero-order valence-corrected chi connectivity index (χ0v) is 14.1. The fourth-order valence-corrected chi connectivity index (χ4v) is 4.23. The molecule has 0 rings (SSSR count). The van der Waals surface area contributed by atoms with E-state index in [0.717, 1.165) is 0 Å². The first-order chi connectivity index (χ1) is 8.98. The number of ketones is 1. The molecule has 0 aliphatic carbocycles. The second-order valence-corrected chi connectivity index (χ2v) is 7.62. The fraction of sp³-hybridized carbons (Fsp3) is 0.786. The van der Waals surface area contributed by atoms with E-state index in [4.69, 9.17) is 9.05 Å². The predicted molar refractivity (Wildman–Crippen MR) is 79.9 cm³/mol. The van der Waals surface area contributed by atoms with Gasteiger partial charge in [-0.05, 0) is 41.5 Å². The van der Waals surface area contributed by atoms with Gasteiger partial charge < -0.3 is 14.2 Å². The van der Waals surface area contributed by atoms with Crippen LogP contribution in [0.3, 0.4) is 0 Å². The van der Waals surface area contributed by atoms with Crippen molar-refractivity contribution < 1.29 is 23.5 Å². The Bertz CT molecular complexity index is 375. The molecule has 0 saturated carbocycles. The van der Waals surface area contributed by atoms with Crippen molar-refractivity contribution in [3.63, 3.8) is 0 Å². The van der Waals surface area contributed by atoms with Gasteiger partial charge in [-0.25, -0.2) is 0 Å². The van der Waals surface area contributed by atoms with E-state index in [0.29, 0.717) is 5.57 Å². The van der Waals surface area contributed by atoms with E-state index < -0.39 is 19.6 Å². The third-order valence-electron chi connectivity index (χ3n) is 2.57. The second-order valence-electron chi connectivity index (χ2n) is 5.61. The molecular formula is C14H27O5P. The van der Waals surface area contributed by atoms with Crippen LogP contribution >= 0.6 is 7.60 Å². The van der Waals surface area contributed by atoms with Gasteiger partial charge in [0.25, 0.3) is 0 Å². The monoisotopic (exact) mass is 306 g/mol. The molecule has 20 heavy (non-hydrogen) atoms. The van der Waals surface area contributed by atoms with Crippen molar-refractivity contribution in [2.75, 3.05) is 6.16 Å². The van der Waals surface area contributed by atoms with Crippen molar-refractivity contribution in [3.05, 3.63) is 12.2 Å². The lowest BCUT2D eigenvalue weighted by atomic mass is 9.96. The van der Waals surface area contributed by atoms with Crippen LogP contribution in [0, 0.1) is 5.92 Å². The van der Waals surface area contributed by atoms with Crippen molar-refractivity contribution >= 4 is 13.4 Å². The smallest absolute Gasteiger partial charge is 0.332 e. The lowest BCUT2D eigenvalue weighted by Gasteiger charge is -2.28. The van der Waals surface area contributed by atoms with E-state index in [2.05, 4.69) is 6.58 Å². The van der Waals surface area contributed by atoms with Gasteiger partial charge in [-0.3, -0.25) is 9.36 Å². The molecule has 0 saturated heterocycles. The topological polar surface area (TPSA) is 72.8 Å². The summed E-state index contributed by atoms with van der Waals surface area (Å²) in [7, 11) is -3.46. The van der Waals surface area contributed by atoms with Crippen molar-refractivity contribution in [1.82, 2.24) is 0 Å². The van der Waals surface area contributed by atoms with Gasteiger partial charge in [0.2, 0.25) is 0 Å². The molecule has 5 nitrogen and oxygen atoms in total. The molecule has 0 bridgehead atoms. The maximum atomic E-state index is 12.7. The standard InChI is InChI=1S/C14H27O5P/c1-9(2)14(16)13(12(7)15)8-20(17,18-10(3)4)19-11(5)6/h10-11,13-14,16H,1,8H2,2-7H3/t13-,14-/m1/s1. The van der Waals surface area contributed by atoms with Crippen molar-refractivity contribution in [2.24, 2.45) is 5.92 Å². The van der Waals surface area contributed by atoms with Gasteiger partial charge >= 0.3 is 7.60 Å². The molecule has 6 heteroatoms. The molecule has 0 radical (unpaired) electrons. The molecule has 0 amide bonds. The van der Waals surface area contributed by atoms with Crippen molar-refractivity contribution in [2.45, 2.75) is 59.9 Å². The van der Waals surface area contributed by atoms with Gasteiger partial charge in [0.05, 0.1) is 30.4 Å². The van der Waals surface area contributed by atoms with Gasteiger partial charge in [0, 0.05) is 0 Å². The normalized spacial score (nSPS) is 15.4. The summed E-state index contributed by atoms with van der Waals surface area (Å²) in [4.78, 5) is 11.7. The van der Waals surface area contributed by atoms with Gasteiger partial charge in [-0.15, -0.1) is 0 Å². The van der Waals surface area contributed by atoms with Crippen LogP contribution in [0.15, 0.2) is 12.2 Å². The van der Waals surface area contributed by atoms with Crippen LogP contribution in [0.25, 0.3) is 0 Å². The first-order valence-electron chi connectivity index (χ1n) is 6.78. The average Bonchev–Trinajstić information content (AvgIpc) is 2.21. The molecule has 2 atom stereocenters. The Kier molecular flexibility index (Phi) is 7.89. The molecule has 0 spiro atoms. The lowest BCUT2D eigenvalue weighted by Crippen LogP contribution is -2.31. The third kappa shape index (κ3) is 6.80. The molecular weight excluding hydrogens is 279 g/mol. The number of Topliss-reactive ketones (excluding diaryl/α,β-unsaturated/α-hetero) is 1. The van der Waals surface area contributed by atoms with Crippen molar-refractivity contribution in [1.29, 1.82) is 0 Å². The van der Waals surface area contributed by atoms with Gasteiger partial charge in [0.15, 0.2) is 0 Å². The first kappa shape index (κ1) is 19.5. The van der Waals surface area contributed by atoms with E-state index >= 15 is 0 Å². The summed E-state index contributed by atoms with van der Waals surface area (Å²) < 4.78 is 23.5. The van der Waals surface area contributed by atoms with E-state index in [1.807, 2.05) is 0 Å². The zero-order valence-electron chi connectivity index (χ0n) is 13.3. The van der Waals surface area contributed by atoms with Crippen LogP contribution in [0.2, 0.25) is 0 Å². The molecule has 0 fully saturated rings. The number of aliphatic hydroxyl groups excluding tert-OH is 1. The van der Waals surface area contributed by atoms with Crippen LogP contribution in [-0.4, -0.2) is 35.4 Å². The van der Waals surface area contributed by atoms with E-state index in [1.54, 1.807) is 34.6 Å². The molecule has 1 N–H and O–H groups in total. The van der Waals surface area contributed by atoms with Crippen LogP contribution in [0.5, 0.6) is 0 Å². The minimum Gasteiger partial charge on any atom is -0.388 e. The number of aliphatic hydroxyl groups is 1. The Morgan fingerprint density at radius 2 is 1.55 bits per heavy atom. The van der Waals surface area contributed by atoms with E-state index in [1.165, 1.54) is 6.92 Å². The Morgan fingerprint density at radius 1 is 1.15 bits per heavy atom. The maximum Gasteiger partial charge on any atom is 0.332 e.